The van der Waals surface area contributed by atoms with E-state index in [2.05, 4.69) is 45.2 Å². The third-order valence-corrected chi connectivity index (χ3v) is 3.23. The minimum atomic E-state index is 1.13. The Morgan fingerprint density at radius 1 is 1.40 bits per heavy atom. The average Bonchev–Trinajstić information content (AvgIpc) is 2.26. The van der Waals surface area contributed by atoms with Crippen LogP contribution in [-0.2, 0) is 0 Å². The van der Waals surface area contributed by atoms with Gasteiger partial charge in [0.1, 0.15) is 0 Å². The zero-order valence-electron chi connectivity index (χ0n) is 10.5. The topological polar surface area (TPSA) is 12.0 Å². The molecule has 0 atom stereocenters. The summed E-state index contributed by atoms with van der Waals surface area (Å²) in [5, 5.41) is 3.41. The summed E-state index contributed by atoms with van der Waals surface area (Å²) in [4.78, 5) is 0. The first-order chi connectivity index (χ1) is 7.15. The van der Waals surface area contributed by atoms with Crippen LogP contribution in [0.3, 0.4) is 0 Å². The van der Waals surface area contributed by atoms with Crippen LogP contribution in [0, 0.1) is 0 Å². The summed E-state index contributed by atoms with van der Waals surface area (Å²) in [6.07, 6.45) is 8.15. The van der Waals surface area contributed by atoms with Crippen LogP contribution >= 0.6 is 0 Å². The van der Waals surface area contributed by atoms with Crippen LogP contribution < -0.4 is 5.32 Å². The van der Waals surface area contributed by atoms with Crippen LogP contribution in [0.15, 0.2) is 34.6 Å². The van der Waals surface area contributed by atoms with Crippen molar-refractivity contribution >= 4 is 0 Å². The second-order valence-electron chi connectivity index (χ2n) is 4.33. The molecule has 1 nitrogen and oxygen atoms in total. The second-order valence-corrected chi connectivity index (χ2v) is 4.33. The molecule has 0 fully saturated rings. The highest BCUT2D eigenvalue weighted by Gasteiger charge is 2.04. The van der Waals surface area contributed by atoms with Gasteiger partial charge in [-0.15, -0.1) is 0 Å². The van der Waals surface area contributed by atoms with E-state index in [0.29, 0.717) is 0 Å². The van der Waals surface area contributed by atoms with Crippen LogP contribution in [0.5, 0.6) is 0 Å². The molecule has 0 aromatic heterocycles. The Kier molecular flexibility index (Phi) is 4.67. The van der Waals surface area contributed by atoms with Crippen LogP contribution in [0.25, 0.3) is 0 Å². The molecule has 0 aliphatic carbocycles. The molecule has 1 rings (SSSR count). The third kappa shape index (κ3) is 3.58. The van der Waals surface area contributed by atoms with E-state index in [1.807, 2.05) is 0 Å². The van der Waals surface area contributed by atoms with Gasteiger partial charge in [0.25, 0.3) is 0 Å². The normalized spacial score (nSPS) is 19.2. The van der Waals surface area contributed by atoms with Crippen LogP contribution in [-0.4, -0.2) is 6.54 Å². The number of nitrogens with one attached hydrogen (secondary N) is 1. The largest absolute Gasteiger partial charge is 0.388 e. The molecule has 0 aromatic carbocycles. The van der Waals surface area contributed by atoms with Crippen molar-refractivity contribution < 1.29 is 0 Å². The summed E-state index contributed by atoms with van der Waals surface area (Å²) in [5.41, 5.74) is 5.69. The van der Waals surface area contributed by atoms with E-state index in [1.165, 1.54) is 35.3 Å². The monoisotopic (exact) mass is 205 g/mol. The predicted molar refractivity (Wildman–Crippen MR) is 67.7 cm³/mol. The number of allylic oxidation sites excluding steroid dienone is 6. The van der Waals surface area contributed by atoms with Crippen molar-refractivity contribution in [3.8, 4) is 0 Å². The fourth-order valence-electron chi connectivity index (χ4n) is 1.71. The molecule has 1 aliphatic rings. The predicted octanol–water partition coefficient (Wildman–Crippen LogP) is 3.95. The second kappa shape index (κ2) is 5.79. The van der Waals surface area contributed by atoms with Crippen molar-refractivity contribution in [1.29, 1.82) is 0 Å². The molecule has 0 unspecified atom stereocenters. The molecular formula is C14H23N. The van der Waals surface area contributed by atoms with E-state index in [4.69, 9.17) is 0 Å². The Balaban J connectivity index is 2.73. The molecule has 0 saturated heterocycles. The quantitative estimate of drug-likeness (QED) is 0.688. The van der Waals surface area contributed by atoms with Gasteiger partial charge in [0.15, 0.2) is 0 Å². The molecule has 84 valence electrons. The fourth-order valence-corrected chi connectivity index (χ4v) is 1.71. The summed E-state index contributed by atoms with van der Waals surface area (Å²) >= 11 is 0. The summed E-state index contributed by atoms with van der Waals surface area (Å²) in [6, 6.07) is 0. The molecule has 1 aliphatic heterocycles. The molecule has 1 heterocycles. The summed E-state index contributed by atoms with van der Waals surface area (Å²) in [7, 11) is 0. The van der Waals surface area contributed by atoms with E-state index in [0.717, 1.165) is 13.0 Å². The van der Waals surface area contributed by atoms with Gasteiger partial charge in [-0.05, 0) is 45.6 Å². The number of hydrogen-bond donors (Lipinski definition) is 1. The lowest BCUT2D eigenvalue weighted by Gasteiger charge is -2.17. The minimum absolute atomic E-state index is 1.13. The summed E-state index contributed by atoms with van der Waals surface area (Å²) in [5.74, 6) is 0. The minimum Gasteiger partial charge on any atom is -0.388 e. The Morgan fingerprint density at radius 2 is 2.13 bits per heavy atom. The van der Waals surface area contributed by atoms with Crippen molar-refractivity contribution in [2.75, 3.05) is 6.54 Å². The maximum absolute atomic E-state index is 3.41. The van der Waals surface area contributed by atoms with Crippen molar-refractivity contribution in [2.24, 2.45) is 0 Å². The van der Waals surface area contributed by atoms with Gasteiger partial charge in [-0.3, -0.25) is 0 Å². The molecule has 15 heavy (non-hydrogen) atoms. The van der Waals surface area contributed by atoms with Crippen molar-refractivity contribution in [1.82, 2.24) is 5.32 Å². The first-order valence-corrected chi connectivity index (χ1v) is 5.93. The van der Waals surface area contributed by atoms with Crippen LogP contribution in [0.4, 0.5) is 0 Å². The van der Waals surface area contributed by atoms with Crippen molar-refractivity contribution in [2.45, 2.75) is 47.0 Å². The zero-order valence-corrected chi connectivity index (χ0v) is 10.5. The van der Waals surface area contributed by atoms with Gasteiger partial charge in [-0.1, -0.05) is 30.2 Å². The first-order valence-electron chi connectivity index (χ1n) is 5.93. The standard InChI is InChI=1S/C14H23N/c1-5-11(2)12(3)8-9-14-7-6-10-15-13(14)4/h8-9,15H,5-7,10H2,1-4H3/b9-8-,12-11+. The van der Waals surface area contributed by atoms with Crippen molar-refractivity contribution in [3.63, 3.8) is 0 Å². The van der Waals surface area contributed by atoms with E-state index in [-0.39, 0.29) is 0 Å². The molecule has 1 heteroatoms. The van der Waals surface area contributed by atoms with E-state index >= 15 is 0 Å². The number of hydrogen-bond acceptors (Lipinski definition) is 1. The molecule has 0 aromatic rings. The zero-order chi connectivity index (χ0) is 11.3. The maximum Gasteiger partial charge on any atom is 0.0147 e. The molecule has 0 bridgehead atoms. The smallest absolute Gasteiger partial charge is 0.0147 e. The van der Waals surface area contributed by atoms with Gasteiger partial charge in [0.05, 0.1) is 0 Å². The first kappa shape index (κ1) is 12.1. The Bertz CT molecular complexity index is 305. The van der Waals surface area contributed by atoms with Gasteiger partial charge in [-0.2, -0.15) is 0 Å². The highest BCUT2D eigenvalue weighted by atomic mass is 14.9. The fraction of sp³-hybridized carbons (Fsp3) is 0.571. The Labute approximate surface area is 94.0 Å². The lowest BCUT2D eigenvalue weighted by atomic mass is 10.0. The maximum atomic E-state index is 3.41. The summed E-state index contributed by atoms with van der Waals surface area (Å²) in [6.45, 7) is 9.91. The molecule has 0 saturated carbocycles. The van der Waals surface area contributed by atoms with Crippen LogP contribution in [0.1, 0.15) is 47.0 Å². The molecule has 0 spiro atoms. The van der Waals surface area contributed by atoms with Gasteiger partial charge in [0, 0.05) is 12.2 Å². The Morgan fingerprint density at radius 3 is 2.73 bits per heavy atom. The summed E-state index contributed by atoms with van der Waals surface area (Å²) < 4.78 is 0. The molecule has 0 amide bonds. The van der Waals surface area contributed by atoms with E-state index < -0.39 is 0 Å². The highest BCUT2D eigenvalue weighted by molar-refractivity contribution is 5.32. The lowest BCUT2D eigenvalue weighted by molar-refractivity contribution is 0.671. The van der Waals surface area contributed by atoms with Gasteiger partial charge >= 0.3 is 0 Å². The highest BCUT2D eigenvalue weighted by Crippen LogP contribution is 2.17. The molecule has 1 N–H and O–H groups in total. The van der Waals surface area contributed by atoms with Crippen LogP contribution in [0.2, 0.25) is 0 Å². The van der Waals surface area contributed by atoms with E-state index in [1.54, 1.807) is 0 Å². The lowest BCUT2D eigenvalue weighted by Crippen LogP contribution is -2.19. The Hall–Kier alpha value is -0.980. The van der Waals surface area contributed by atoms with Gasteiger partial charge in [0.2, 0.25) is 0 Å². The average molecular weight is 205 g/mol. The third-order valence-electron chi connectivity index (χ3n) is 3.23. The van der Waals surface area contributed by atoms with Crippen molar-refractivity contribution in [3.05, 3.63) is 34.6 Å². The molecule has 0 radical (unpaired) electrons. The van der Waals surface area contributed by atoms with Gasteiger partial charge in [-0.25, -0.2) is 0 Å². The molecular weight excluding hydrogens is 182 g/mol. The van der Waals surface area contributed by atoms with Gasteiger partial charge < -0.3 is 5.32 Å². The van der Waals surface area contributed by atoms with E-state index in [9.17, 15) is 0 Å². The SMILES string of the molecule is CC/C(C)=C(C)/C=C\C1=C(C)NCCC1. The number of rotatable bonds is 3.